The van der Waals surface area contributed by atoms with Crippen molar-refractivity contribution in [3.63, 3.8) is 0 Å². The molecule has 0 radical (unpaired) electrons. The standard InChI is InChI=1S/C14H18F2N2O2/c1-14(9-18(2)6-7-20-14)13(19)17-8-10-4-3-5-11(15)12(10)16/h3-5H,6-9H2,1-2H3,(H,17,19)/t14-/m0/s1. The van der Waals surface area contributed by atoms with E-state index in [0.717, 1.165) is 12.6 Å². The van der Waals surface area contributed by atoms with E-state index < -0.39 is 17.2 Å². The van der Waals surface area contributed by atoms with Crippen molar-refractivity contribution in [1.29, 1.82) is 0 Å². The molecule has 0 aromatic heterocycles. The number of carbonyl (C=O) groups is 1. The summed E-state index contributed by atoms with van der Waals surface area (Å²) in [5.41, 5.74) is -0.845. The van der Waals surface area contributed by atoms with Gasteiger partial charge >= 0.3 is 0 Å². The van der Waals surface area contributed by atoms with Gasteiger partial charge in [-0.15, -0.1) is 0 Å². The van der Waals surface area contributed by atoms with Gasteiger partial charge in [-0.1, -0.05) is 12.1 Å². The second-order valence-corrected chi connectivity index (χ2v) is 5.21. The molecule has 1 fully saturated rings. The maximum atomic E-state index is 13.5. The lowest BCUT2D eigenvalue weighted by Crippen LogP contribution is -2.57. The second kappa shape index (κ2) is 5.85. The first-order valence-corrected chi connectivity index (χ1v) is 6.46. The van der Waals surface area contributed by atoms with Gasteiger partial charge in [0.25, 0.3) is 5.91 Å². The van der Waals surface area contributed by atoms with Gasteiger partial charge in [-0.2, -0.15) is 0 Å². The molecular weight excluding hydrogens is 266 g/mol. The summed E-state index contributed by atoms with van der Waals surface area (Å²) >= 11 is 0. The van der Waals surface area contributed by atoms with E-state index in [0.29, 0.717) is 13.2 Å². The number of benzene rings is 1. The fourth-order valence-electron chi connectivity index (χ4n) is 2.25. The van der Waals surface area contributed by atoms with Gasteiger partial charge in [-0.05, 0) is 20.0 Å². The summed E-state index contributed by atoms with van der Waals surface area (Å²) in [4.78, 5) is 14.1. The average Bonchev–Trinajstić information content (AvgIpc) is 2.40. The van der Waals surface area contributed by atoms with Crippen LogP contribution in [0.2, 0.25) is 0 Å². The zero-order valence-electron chi connectivity index (χ0n) is 11.6. The number of hydrogen-bond donors (Lipinski definition) is 1. The summed E-state index contributed by atoms with van der Waals surface area (Å²) in [5.74, 6) is -2.18. The topological polar surface area (TPSA) is 41.6 Å². The van der Waals surface area contributed by atoms with Crippen LogP contribution >= 0.6 is 0 Å². The molecule has 110 valence electrons. The van der Waals surface area contributed by atoms with Crippen molar-refractivity contribution in [3.05, 3.63) is 35.4 Å². The van der Waals surface area contributed by atoms with E-state index in [2.05, 4.69) is 5.32 Å². The fourth-order valence-corrected chi connectivity index (χ4v) is 2.25. The van der Waals surface area contributed by atoms with E-state index in [9.17, 15) is 13.6 Å². The number of nitrogens with zero attached hydrogens (tertiary/aromatic N) is 1. The number of hydrogen-bond acceptors (Lipinski definition) is 3. The quantitative estimate of drug-likeness (QED) is 0.909. The van der Waals surface area contributed by atoms with Gasteiger partial charge in [0.2, 0.25) is 0 Å². The summed E-state index contributed by atoms with van der Waals surface area (Å²) in [6, 6.07) is 3.89. The Bertz CT molecular complexity index is 510. The van der Waals surface area contributed by atoms with Gasteiger partial charge in [0, 0.05) is 25.2 Å². The fraction of sp³-hybridized carbons (Fsp3) is 0.500. The van der Waals surface area contributed by atoms with Gasteiger partial charge in [-0.25, -0.2) is 8.78 Å². The Morgan fingerprint density at radius 2 is 2.25 bits per heavy atom. The molecule has 4 nitrogen and oxygen atoms in total. The molecule has 0 bridgehead atoms. The Hall–Kier alpha value is -1.53. The number of ether oxygens (including phenoxy) is 1. The largest absolute Gasteiger partial charge is 0.363 e. The van der Waals surface area contributed by atoms with Crippen molar-refractivity contribution >= 4 is 5.91 Å². The van der Waals surface area contributed by atoms with Crippen LogP contribution in [-0.2, 0) is 16.1 Å². The molecule has 0 spiro atoms. The van der Waals surface area contributed by atoms with Crippen molar-refractivity contribution < 1.29 is 18.3 Å². The number of carbonyl (C=O) groups excluding carboxylic acids is 1. The molecule has 6 heteroatoms. The van der Waals surface area contributed by atoms with Crippen LogP contribution in [0, 0.1) is 11.6 Å². The van der Waals surface area contributed by atoms with Gasteiger partial charge < -0.3 is 15.0 Å². The van der Waals surface area contributed by atoms with Crippen LogP contribution in [0.1, 0.15) is 12.5 Å². The summed E-state index contributed by atoms with van der Waals surface area (Å²) < 4.78 is 32.1. The molecule has 2 rings (SSSR count). The first-order chi connectivity index (χ1) is 9.42. The van der Waals surface area contributed by atoms with E-state index >= 15 is 0 Å². The van der Waals surface area contributed by atoms with Gasteiger partial charge in [0.1, 0.15) is 0 Å². The third-order valence-corrected chi connectivity index (χ3v) is 3.42. The van der Waals surface area contributed by atoms with Gasteiger partial charge in [-0.3, -0.25) is 4.79 Å². The first-order valence-electron chi connectivity index (χ1n) is 6.46. The summed E-state index contributed by atoms with van der Waals surface area (Å²) in [6.07, 6.45) is 0. The van der Waals surface area contributed by atoms with E-state index in [1.807, 2.05) is 11.9 Å². The highest BCUT2D eigenvalue weighted by atomic mass is 19.2. The highest BCUT2D eigenvalue weighted by molar-refractivity contribution is 5.85. The second-order valence-electron chi connectivity index (χ2n) is 5.21. The molecule has 1 amide bonds. The Labute approximate surface area is 116 Å². The number of halogens is 2. The van der Waals surface area contributed by atoms with Gasteiger partial charge in [0.15, 0.2) is 17.2 Å². The Morgan fingerprint density at radius 3 is 2.95 bits per heavy atom. The molecule has 20 heavy (non-hydrogen) atoms. The molecule has 1 aromatic carbocycles. The third-order valence-electron chi connectivity index (χ3n) is 3.42. The van der Waals surface area contributed by atoms with Gasteiger partial charge in [0.05, 0.1) is 6.61 Å². The maximum Gasteiger partial charge on any atom is 0.253 e. The number of morpholine rings is 1. The minimum Gasteiger partial charge on any atom is -0.363 e. The lowest BCUT2D eigenvalue weighted by Gasteiger charge is -2.37. The predicted molar refractivity (Wildman–Crippen MR) is 70.1 cm³/mol. The third kappa shape index (κ3) is 3.13. The van der Waals surface area contributed by atoms with E-state index in [-0.39, 0.29) is 18.0 Å². The Balaban J connectivity index is 2.00. The lowest BCUT2D eigenvalue weighted by atomic mass is 10.0. The van der Waals surface area contributed by atoms with Crippen LogP contribution < -0.4 is 5.32 Å². The van der Waals surface area contributed by atoms with Crippen LogP contribution in [0.3, 0.4) is 0 Å². The molecule has 1 aliphatic rings. The smallest absolute Gasteiger partial charge is 0.253 e. The molecule has 1 heterocycles. The molecule has 0 aliphatic carbocycles. The zero-order chi connectivity index (χ0) is 14.8. The average molecular weight is 284 g/mol. The first kappa shape index (κ1) is 14.9. The van der Waals surface area contributed by atoms with Crippen molar-refractivity contribution in [2.75, 3.05) is 26.7 Å². The van der Waals surface area contributed by atoms with Crippen LogP contribution in [0.15, 0.2) is 18.2 Å². The van der Waals surface area contributed by atoms with Crippen molar-refractivity contribution in [3.8, 4) is 0 Å². The van der Waals surface area contributed by atoms with Crippen molar-refractivity contribution in [1.82, 2.24) is 10.2 Å². The highest BCUT2D eigenvalue weighted by Crippen LogP contribution is 2.17. The summed E-state index contributed by atoms with van der Waals surface area (Å²) in [6.45, 7) is 3.33. The van der Waals surface area contributed by atoms with Crippen LogP contribution in [-0.4, -0.2) is 43.2 Å². The maximum absolute atomic E-state index is 13.5. The lowest BCUT2D eigenvalue weighted by molar-refractivity contribution is -0.155. The Morgan fingerprint density at radius 1 is 1.50 bits per heavy atom. The molecule has 1 atom stereocenters. The molecule has 1 aliphatic heterocycles. The normalized spacial score (nSPS) is 23.6. The number of likely N-dealkylation sites (N-methyl/N-ethyl adjacent to an activating group) is 1. The molecule has 1 N–H and O–H groups in total. The van der Waals surface area contributed by atoms with Crippen LogP contribution in [0.4, 0.5) is 8.78 Å². The van der Waals surface area contributed by atoms with Crippen molar-refractivity contribution in [2.45, 2.75) is 19.1 Å². The summed E-state index contributed by atoms with van der Waals surface area (Å²) in [7, 11) is 1.90. The zero-order valence-corrected chi connectivity index (χ0v) is 11.6. The van der Waals surface area contributed by atoms with E-state index in [1.54, 1.807) is 6.92 Å². The minimum atomic E-state index is -0.962. The number of rotatable bonds is 3. The van der Waals surface area contributed by atoms with Crippen molar-refractivity contribution in [2.24, 2.45) is 0 Å². The number of nitrogens with one attached hydrogen (secondary N) is 1. The van der Waals surface area contributed by atoms with E-state index in [4.69, 9.17) is 4.74 Å². The predicted octanol–water partition coefficient (Wildman–Crippen LogP) is 1.30. The molecule has 1 aromatic rings. The molecular formula is C14H18F2N2O2. The molecule has 0 saturated carbocycles. The highest BCUT2D eigenvalue weighted by Gasteiger charge is 2.38. The Kier molecular flexibility index (Phi) is 4.35. The SMILES string of the molecule is CN1CCO[C@](C)(C(=O)NCc2cccc(F)c2F)C1. The number of amides is 1. The van der Waals surface area contributed by atoms with Crippen LogP contribution in [0.25, 0.3) is 0 Å². The van der Waals surface area contributed by atoms with E-state index in [1.165, 1.54) is 12.1 Å². The monoisotopic (exact) mass is 284 g/mol. The summed E-state index contributed by atoms with van der Waals surface area (Å²) in [5, 5.41) is 2.60. The van der Waals surface area contributed by atoms with Crippen LogP contribution in [0.5, 0.6) is 0 Å². The molecule has 1 saturated heterocycles. The minimum absolute atomic E-state index is 0.0644. The molecule has 0 unspecified atom stereocenters.